The summed E-state index contributed by atoms with van der Waals surface area (Å²) in [6.45, 7) is 0.834. The second-order valence-electron chi connectivity index (χ2n) is 6.99. The molecule has 4 rings (SSSR count). The molecule has 1 N–H and O–H groups in total. The molecule has 0 bridgehead atoms. The zero-order valence-electron chi connectivity index (χ0n) is 15.5. The summed E-state index contributed by atoms with van der Waals surface area (Å²) >= 11 is 0. The van der Waals surface area contributed by atoms with Crippen LogP contribution in [0.3, 0.4) is 0 Å². The molecule has 2 heterocycles. The van der Waals surface area contributed by atoms with E-state index in [9.17, 15) is 22.3 Å². The van der Waals surface area contributed by atoms with Crippen molar-refractivity contribution in [3.8, 4) is 17.2 Å². The van der Waals surface area contributed by atoms with E-state index in [2.05, 4.69) is 5.10 Å². The average molecular weight is 423 g/mol. The quantitative estimate of drug-likeness (QED) is 0.698. The highest BCUT2D eigenvalue weighted by Crippen LogP contribution is 2.30. The molecule has 154 valence electrons. The normalized spacial score (nSPS) is 16.4. The van der Waals surface area contributed by atoms with Crippen molar-refractivity contribution >= 4 is 20.9 Å². The van der Waals surface area contributed by atoms with Gasteiger partial charge < -0.3 is 9.84 Å². The summed E-state index contributed by atoms with van der Waals surface area (Å²) in [4.78, 5) is 0. The molecule has 0 aliphatic carbocycles. The molecule has 0 unspecified atom stereocenters. The molecule has 0 radical (unpaired) electrons. The van der Waals surface area contributed by atoms with Gasteiger partial charge in [0.25, 0.3) is 0 Å². The van der Waals surface area contributed by atoms with E-state index < -0.39 is 27.4 Å². The molecule has 7 nitrogen and oxygen atoms in total. The molecule has 1 fully saturated rings. The molecule has 10 heteroatoms. The highest BCUT2D eigenvalue weighted by atomic mass is 32.2. The predicted octanol–water partition coefficient (Wildman–Crippen LogP) is 2.81. The first kappa shape index (κ1) is 19.6. The summed E-state index contributed by atoms with van der Waals surface area (Å²) in [5.74, 6) is -2.56. The van der Waals surface area contributed by atoms with Gasteiger partial charge in [-0.25, -0.2) is 26.2 Å². The van der Waals surface area contributed by atoms with E-state index >= 15 is 0 Å². The van der Waals surface area contributed by atoms with Crippen LogP contribution >= 0.6 is 0 Å². The lowest BCUT2D eigenvalue weighted by molar-refractivity contribution is 0.135. The average Bonchev–Trinajstić information content (AvgIpc) is 3.10. The number of piperidine rings is 1. The summed E-state index contributed by atoms with van der Waals surface area (Å²) in [5.41, 5.74) is 0.495. The van der Waals surface area contributed by atoms with Crippen molar-refractivity contribution in [3.05, 3.63) is 48.2 Å². The lowest BCUT2D eigenvalue weighted by Gasteiger charge is -2.30. The fourth-order valence-corrected chi connectivity index (χ4v) is 4.32. The van der Waals surface area contributed by atoms with Gasteiger partial charge in [0.1, 0.15) is 17.4 Å². The highest BCUT2D eigenvalue weighted by molar-refractivity contribution is 7.88. The minimum absolute atomic E-state index is 0.0225. The van der Waals surface area contributed by atoms with Crippen LogP contribution in [0.1, 0.15) is 12.8 Å². The van der Waals surface area contributed by atoms with Gasteiger partial charge in [0.2, 0.25) is 10.0 Å². The van der Waals surface area contributed by atoms with E-state index in [1.165, 1.54) is 21.4 Å². The number of phenolic OH excluding ortho intramolecular Hbond substituents is 1. The van der Waals surface area contributed by atoms with Gasteiger partial charge in [0.05, 0.1) is 18.1 Å². The standard InChI is InChI=1S/C19H19F2N3O4S/c1-29(26,27)23-8-6-15(7-9-23)28-14-4-2-13(3-5-14)24-18-12(11-22-24)10-16(20)19(25)17(18)21/h2-5,10-11,15,25H,6-9H2,1H3. The number of hydrogen-bond acceptors (Lipinski definition) is 5. The van der Waals surface area contributed by atoms with E-state index in [4.69, 9.17) is 4.74 Å². The lowest BCUT2D eigenvalue weighted by atomic mass is 10.1. The smallest absolute Gasteiger partial charge is 0.211 e. The first-order valence-corrected chi connectivity index (χ1v) is 10.9. The maximum Gasteiger partial charge on any atom is 0.211 e. The van der Waals surface area contributed by atoms with Gasteiger partial charge in [0, 0.05) is 18.5 Å². The van der Waals surface area contributed by atoms with Crippen molar-refractivity contribution in [1.29, 1.82) is 0 Å². The van der Waals surface area contributed by atoms with Crippen LogP contribution in [0.15, 0.2) is 36.5 Å². The Morgan fingerprint density at radius 1 is 1.17 bits per heavy atom. The minimum Gasteiger partial charge on any atom is -0.503 e. The van der Waals surface area contributed by atoms with Crippen molar-refractivity contribution < 1.29 is 27.0 Å². The predicted molar refractivity (Wildman–Crippen MR) is 103 cm³/mol. The molecular formula is C19H19F2N3O4S. The number of halogens is 2. The van der Waals surface area contributed by atoms with E-state index in [1.54, 1.807) is 24.3 Å². The summed E-state index contributed by atoms with van der Waals surface area (Å²) in [5, 5.41) is 13.9. The number of hydrogen-bond donors (Lipinski definition) is 1. The first-order valence-electron chi connectivity index (χ1n) is 9.01. The summed E-state index contributed by atoms with van der Waals surface area (Å²) in [6.07, 6.45) is 3.61. The SMILES string of the molecule is CS(=O)(=O)N1CCC(Oc2ccc(-n3ncc4cc(F)c(O)c(F)c43)cc2)CC1. The maximum atomic E-state index is 14.3. The number of fused-ring (bicyclic) bond motifs is 1. The highest BCUT2D eigenvalue weighted by Gasteiger charge is 2.26. The van der Waals surface area contributed by atoms with Gasteiger partial charge in [-0.2, -0.15) is 5.10 Å². The van der Waals surface area contributed by atoms with Gasteiger partial charge in [-0.15, -0.1) is 0 Å². The van der Waals surface area contributed by atoms with Crippen molar-refractivity contribution in [2.45, 2.75) is 18.9 Å². The Balaban J connectivity index is 1.51. The maximum absolute atomic E-state index is 14.3. The Morgan fingerprint density at radius 3 is 2.45 bits per heavy atom. The molecule has 1 aliphatic rings. The summed E-state index contributed by atoms with van der Waals surface area (Å²) in [7, 11) is -3.18. The van der Waals surface area contributed by atoms with E-state index in [1.807, 2.05) is 0 Å². The van der Waals surface area contributed by atoms with Gasteiger partial charge in [-0.05, 0) is 43.2 Å². The fourth-order valence-electron chi connectivity index (χ4n) is 3.44. The molecule has 0 amide bonds. The number of aromatic nitrogens is 2. The third kappa shape index (κ3) is 3.77. The summed E-state index contributed by atoms with van der Waals surface area (Å²) in [6, 6.07) is 7.78. The molecular weight excluding hydrogens is 404 g/mol. The van der Waals surface area contributed by atoms with Crippen molar-refractivity contribution in [2.24, 2.45) is 0 Å². The van der Waals surface area contributed by atoms with Crippen LogP contribution in [0.4, 0.5) is 8.78 Å². The van der Waals surface area contributed by atoms with Crippen molar-refractivity contribution in [1.82, 2.24) is 14.1 Å². The topological polar surface area (TPSA) is 84.7 Å². The minimum atomic E-state index is -3.18. The van der Waals surface area contributed by atoms with Crippen LogP contribution in [0.25, 0.3) is 16.6 Å². The molecule has 0 spiro atoms. The number of phenols is 1. The van der Waals surface area contributed by atoms with E-state index in [-0.39, 0.29) is 17.0 Å². The number of aromatic hydroxyl groups is 1. The number of nitrogens with zero attached hydrogens (tertiary/aromatic N) is 3. The second kappa shape index (κ2) is 7.27. The summed E-state index contributed by atoms with van der Waals surface area (Å²) < 4.78 is 59.6. The van der Waals surface area contributed by atoms with Crippen LogP contribution in [-0.2, 0) is 10.0 Å². The van der Waals surface area contributed by atoms with Crippen molar-refractivity contribution in [3.63, 3.8) is 0 Å². The number of rotatable bonds is 4. The monoisotopic (exact) mass is 423 g/mol. The molecule has 1 aromatic heterocycles. The van der Waals surface area contributed by atoms with E-state index in [0.29, 0.717) is 37.4 Å². The molecule has 0 saturated carbocycles. The van der Waals surface area contributed by atoms with Crippen LogP contribution in [0.5, 0.6) is 11.5 Å². The Morgan fingerprint density at radius 2 is 1.83 bits per heavy atom. The number of sulfonamides is 1. The van der Waals surface area contributed by atoms with Crippen LogP contribution in [-0.4, -0.2) is 53.1 Å². The number of benzene rings is 2. The molecule has 29 heavy (non-hydrogen) atoms. The zero-order chi connectivity index (χ0) is 20.8. The van der Waals surface area contributed by atoms with Gasteiger partial charge in [0.15, 0.2) is 17.4 Å². The Bertz CT molecular complexity index is 1150. The van der Waals surface area contributed by atoms with Crippen LogP contribution in [0.2, 0.25) is 0 Å². The second-order valence-corrected chi connectivity index (χ2v) is 8.97. The largest absolute Gasteiger partial charge is 0.503 e. The third-order valence-corrected chi connectivity index (χ3v) is 6.28. The van der Waals surface area contributed by atoms with Crippen LogP contribution in [0, 0.1) is 11.6 Å². The van der Waals surface area contributed by atoms with Gasteiger partial charge in [-0.3, -0.25) is 0 Å². The third-order valence-electron chi connectivity index (χ3n) is 4.98. The van der Waals surface area contributed by atoms with Gasteiger partial charge >= 0.3 is 0 Å². The Labute approximate surface area is 166 Å². The molecule has 1 aliphatic heterocycles. The number of ether oxygens (including phenoxy) is 1. The van der Waals surface area contributed by atoms with E-state index in [0.717, 1.165) is 6.07 Å². The molecule has 0 atom stereocenters. The molecule has 3 aromatic rings. The fraction of sp³-hybridized carbons (Fsp3) is 0.316. The van der Waals surface area contributed by atoms with Crippen LogP contribution < -0.4 is 4.74 Å². The lowest BCUT2D eigenvalue weighted by Crippen LogP contribution is -2.41. The van der Waals surface area contributed by atoms with Gasteiger partial charge in [-0.1, -0.05) is 0 Å². The Hall–Kier alpha value is -2.72. The first-order chi connectivity index (χ1) is 13.7. The van der Waals surface area contributed by atoms with Crippen molar-refractivity contribution in [2.75, 3.05) is 19.3 Å². The zero-order valence-corrected chi connectivity index (χ0v) is 16.4. The molecule has 1 saturated heterocycles. The Kier molecular flexibility index (Phi) is 4.91. The molecule has 2 aromatic carbocycles.